The highest BCUT2D eigenvalue weighted by molar-refractivity contribution is 5.91. The van der Waals surface area contributed by atoms with Gasteiger partial charge in [-0.25, -0.2) is 0 Å². The fourth-order valence-electron chi connectivity index (χ4n) is 2.98. The van der Waals surface area contributed by atoms with E-state index in [1.165, 1.54) is 5.69 Å². The fraction of sp³-hybridized carbons (Fsp3) is 0.400. The number of nitrogens with one attached hydrogen (secondary N) is 2. The summed E-state index contributed by atoms with van der Waals surface area (Å²) in [6, 6.07) is 12.1. The molecule has 6 nitrogen and oxygen atoms in total. The first-order chi connectivity index (χ1) is 12.7. The minimum Gasteiger partial charge on any atom is -0.369 e. The predicted octanol–water partition coefficient (Wildman–Crippen LogP) is 1.95. The van der Waals surface area contributed by atoms with Crippen molar-refractivity contribution in [2.45, 2.75) is 13.0 Å². The fourth-order valence-corrected chi connectivity index (χ4v) is 2.98. The molecule has 1 aliphatic heterocycles. The standard InChI is InChI=1S/C20H27N5O/c1-24-11-13-25(14-12-24)19-6-4-18(5-7-19)23-20(26)8-10-22-16-17-3-2-9-21-15-17/h2-7,9,15,22H,8,10-14,16H2,1H3,(H,23,26). The van der Waals surface area contributed by atoms with Gasteiger partial charge >= 0.3 is 0 Å². The highest BCUT2D eigenvalue weighted by Gasteiger charge is 2.14. The minimum absolute atomic E-state index is 0.0241. The van der Waals surface area contributed by atoms with Crippen LogP contribution in [-0.2, 0) is 11.3 Å². The van der Waals surface area contributed by atoms with Crippen molar-refractivity contribution in [2.75, 3.05) is 50.0 Å². The number of benzene rings is 1. The van der Waals surface area contributed by atoms with Gasteiger partial charge in [-0.1, -0.05) is 6.07 Å². The molecule has 1 aromatic heterocycles. The second-order valence-electron chi connectivity index (χ2n) is 6.67. The summed E-state index contributed by atoms with van der Waals surface area (Å²) in [5.41, 5.74) is 3.18. The van der Waals surface area contributed by atoms with Crippen LogP contribution in [0.2, 0.25) is 0 Å². The lowest BCUT2D eigenvalue weighted by Gasteiger charge is -2.34. The zero-order valence-electron chi connectivity index (χ0n) is 15.3. The summed E-state index contributed by atoms with van der Waals surface area (Å²) in [5.74, 6) is 0.0241. The molecule has 1 saturated heterocycles. The normalized spacial score (nSPS) is 15.0. The Morgan fingerprint density at radius 2 is 1.88 bits per heavy atom. The van der Waals surface area contributed by atoms with E-state index in [1.54, 1.807) is 6.20 Å². The molecule has 0 spiro atoms. The Hall–Kier alpha value is -2.44. The third-order valence-electron chi connectivity index (χ3n) is 4.60. The molecule has 2 heterocycles. The lowest BCUT2D eigenvalue weighted by atomic mass is 10.2. The van der Waals surface area contributed by atoms with E-state index in [1.807, 2.05) is 30.5 Å². The molecule has 0 saturated carbocycles. The van der Waals surface area contributed by atoms with Crippen molar-refractivity contribution >= 4 is 17.3 Å². The summed E-state index contributed by atoms with van der Waals surface area (Å²) in [6.45, 7) is 5.63. The van der Waals surface area contributed by atoms with Crippen LogP contribution in [0.4, 0.5) is 11.4 Å². The number of rotatable bonds is 7. The molecule has 138 valence electrons. The SMILES string of the molecule is CN1CCN(c2ccc(NC(=O)CCNCc3cccnc3)cc2)CC1. The molecule has 26 heavy (non-hydrogen) atoms. The number of piperazine rings is 1. The molecule has 3 rings (SSSR count). The predicted molar refractivity (Wildman–Crippen MR) is 105 cm³/mol. The first kappa shape index (κ1) is 18.4. The highest BCUT2D eigenvalue weighted by atomic mass is 16.1. The molecular formula is C20H27N5O. The quantitative estimate of drug-likeness (QED) is 0.745. The van der Waals surface area contributed by atoms with Crippen LogP contribution in [0.25, 0.3) is 0 Å². The van der Waals surface area contributed by atoms with Crippen molar-refractivity contribution in [3.05, 3.63) is 54.4 Å². The smallest absolute Gasteiger partial charge is 0.225 e. The number of hydrogen-bond acceptors (Lipinski definition) is 5. The maximum atomic E-state index is 12.1. The first-order valence-electron chi connectivity index (χ1n) is 9.14. The van der Waals surface area contributed by atoms with Crippen LogP contribution < -0.4 is 15.5 Å². The lowest BCUT2D eigenvalue weighted by molar-refractivity contribution is -0.116. The zero-order valence-corrected chi connectivity index (χ0v) is 15.3. The molecule has 2 N–H and O–H groups in total. The van der Waals surface area contributed by atoms with E-state index in [0.717, 1.165) is 44.0 Å². The van der Waals surface area contributed by atoms with Crippen LogP contribution in [0.3, 0.4) is 0 Å². The minimum atomic E-state index is 0.0241. The van der Waals surface area contributed by atoms with Crippen molar-refractivity contribution in [3.8, 4) is 0 Å². The summed E-state index contributed by atoms with van der Waals surface area (Å²) >= 11 is 0. The van der Waals surface area contributed by atoms with Gasteiger partial charge in [0.2, 0.25) is 5.91 Å². The Kier molecular flexibility index (Phi) is 6.57. The number of carbonyl (C=O) groups is 1. The molecule has 1 aromatic carbocycles. The van der Waals surface area contributed by atoms with Crippen molar-refractivity contribution in [3.63, 3.8) is 0 Å². The van der Waals surface area contributed by atoms with Gasteiger partial charge in [-0.05, 0) is 42.9 Å². The van der Waals surface area contributed by atoms with Gasteiger partial charge in [-0.2, -0.15) is 0 Å². The number of carbonyl (C=O) groups excluding carboxylic acids is 1. The van der Waals surface area contributed by atoms with Crippen molar-refractivity contribution in [1.29, 1.82) is 0 Å². The van der Waals surface area contributed by atoms with Crippen LogP contribution in [-0.4, -0.2) is 55.6 Å². The molecular weight excluding hydrogens is 326 g/mol. The average molecular weight is 353 g/mol. The summed E-state index contributed by atoms with van der Waals surface area (Å²) < 4.78 is 0. The molecule has 0 radical (unpaired) electrons. The van der Waals surface area contributed by atoms with E-state index in [9.17, 15) is 4.79 Å². The molecule has 6 heteroatoms. The second-order valence-corrected chi connectivity index (χ2v) is 6.67. The van der Waals surface area contributed by atoms with E-state index >= 15 is 0 Å². The molecule has 0 atom stereocenters. The maximum absolute atomic E-state index is 12.1. The molecule has 1 fully saturated rings. The van der Waals surface area contributed by atoms with Crippen LogP contribution in [0, 0.1) is 0 Å². The number of likely N-dealkylation sites (N-methyl/N-ethyl adjacent to an activating group) is 1. The van der Waals surface area contributed by atoms with Gasteiger partial charge in [0, 0.05) is 69.5 Å². The Morgan fingerprint density at radius 3 is 2.58 bits per heavy atom. The van der Waals surface area contributed by atoms with Gasteiger partial charge in [0.15, 0.2) is 0 Å². The molecule has 0 bridgehead atoms. The van der Waals surface area contributed by atoms with Gasteiger partial charge in [0.05, 0.1) is 0 Å². The first-order valence-corrected chi connectivity index (χ1v) is 9.14. The van der Waals surface area contributed by atoms with E-state index in [0.29, 0.717) is 13.0 Å². The summed E-state index contributed by atoms with van der Waals surface area (Å²) in [6.07, 6.45) is 4.03. The number of aromatic nitrogens is 1. The monoisotopic (exact) mass is 353 g/mol. The average Bonchev–Trinajstić information content (AvgIpc) is 2.67. The van der Waals surface area contributed by atoms with Gasteiger partial charge in [-0.3, -0.25) is 9.78 Å². The van der Waals surface area contributed by atoms with Crippen LogP contribution in [0.15, 0.2) is 48.8 Å². The van der Waals surface area contributed by atoms with Crippen molar-refractivity contribution in [1.82, 2.24) is 15.2 Å². The van der Waals surface area contributed by atoms with Gasteiger partial charge in [-0.15, -0.1) is 0 Å². The molecule has 1 amide bonds. The number of nitrogens with zero attached hydrogens (tertiary/aromatic N) is 3. The van der Waals surface area contributed by atoms with E-state index in [-0.39, 0.29) is 5.91 Å². The maximum Gasteiger partial charge on any atom is 0.225 e. The van der Waals surface area contributed by atoms with Crippen LogP contribution >= 0.6 is 0 Å². The van der Waals surface area contributed by atoms with Gasteiger partial charge in [0.1, 0.15) is 0 Å². The number of amides is 1. The Balaban J connectivity index is 1.38. The van der Waals surface area contributed by atoms with E-state index < -0.39 is 0 Å². The third-order valence-corrected chi connectivity index (χ3v) is 4.60. The Bertz CT molecular complexity index is 681. The number of pyridine rings is 1. The van der Waals surface area contributed by atoms with Crippen LogP contribution in [0.1, 0.15) is 12.0 Å². The van der Waals surface area contributed by atoms with Crippen molar-refractivity contribution < 1.29 is 4.79 Å². The third kappa shape index (κ3) is 5.54. The Morgan fingerprint density at radius 1 is 1.12 bits per heavy atom. The lowest BCUT2D eigenvalue weighted by Crippen LogP contribution is -2.44. The molecule has 2 aromatic rings. The van der Waals surface area contributed by atoms with Gasteiger partial charge in [0.25, 0.3) is 0 Å². The zero-order chi connectivity index (χ0) is 18.2. The number of hydrogen-bond donors (Lipinski definition) is 2. The number of anilines is 2. The molecule has 0 aliphatic carbocycles. The highest BCUT2D eigenvalue weighted by Crippen LogP contribution is 2.19. The Labute approximate surface area is 155 Å². The summed E-state index contributed by atoms with van der Waals surface area (Å²) in [7, 11) is 2.15. The van der Waals surface area contributed by atoms with E-state index in [4.69, 9.17) is 0 Å². The summed E-state index contributed by atoms with van der Waals surface area (Å²) in [4.78, 5) is 20.9. The van der Waals surface area contributed by atoms with Gasteiger partial charge < -0.3 is 20.4 Å². The second kappa shape index (κ2) is 9.31. The summed E-state index contributed by atoms with van der Waals surface area (Å²) in [5, 5.41) is 6.22. The van der Waals surface area contributed by atoms with Crippen molar-refractivity contribution in [2.24, 2.45) is 0 Å². The topological polar surface area (TPSA) is 60.5 Å². The van der Waals surface area contributed by atoms with E-state index in [2.05, 4.69) is 44.6 Å². The molecule has 1 aliphatic rings. The van der Waals surface area contributed by atoms with Crippen LogP contribution in [0.5, 0.6) is 0 Å². The largest absolute Gasteiger partial charge is 0.369 e. The molecule has 0 unspecified atom stereocenters.